The summed E-state index contributed by atoms with van der Waals surface area (Å²) in [6.07, 6.45) is 0. The molecule has 10 heteroatoms. The van der Waals surface area contributed by atoms with Crippen LogP contribution in [0.5, 0.6) is 0 Å². The van der Waals surface area contributed by atoms with Crippen LogP contribution >= 0.6 is 12.2 Å². The van der Waals surface area contributed by atoms with E-state index in [1.54, 1.807) is 0 Å². The van der Waals surface area contributed by atoms with Crippen molar-refractivity contribution in [2.75, 3.05) is 4.72 Å². The Labute approximate surface area is 184 Å². The fourth-order valence-electron chi connectivity index (χ4n) is 2.54. The number of carbonyl (C=O) groups excluding carboxylic acids is 1. The van der Waals surface area contributed by atoms with Crippen molar-refractivity contribution < 1.29 is 17.6 Å². The first-order chi connectivity index (χ1) is 14.8. The third kappa shape index (κ3) is 6.24. The number of benzene rings is 3. The molecule has 160 valence electrons. The van der Waals surface area contributed by atoms with Crippen molar-refractivity contribution in [1.29, 1.82) is 0 Å². The Morgan fingerprint density at radius 2 is 1.52 bits per heavy atom. The van der Waals surface area contributed by atoms with E-state index in [0.717, 1.165) is 11.6 Å². The minimum absolute atomic E-state index is 0.111. The zero-order valence-electron chi connectivity index (χ0n) is 16.1. The van der Waals surface area contributed by atoms with Gasteiger partial charge in [0.05, 0.1) is 10.6 Å². The van der Waals surface area contributed by atoms with Gasteiger partial charge < -0.3 is 5.32 Å². The fourth-order valence-corrected chi connectivity index (χ4v) is 3.73. The molecule has 0 atom stereocenters. The number of thiocarbonyl (C=S) groups is 1. The maximum Gasteiger partial charge on any atom is 0.269 e. The van der Waals surface area contributed by atoms with E-state index in [-0.39, 0.29) is 21.3 Å². The van der Waals surface area contributed by atoms with Crippen molar-refractivity contribution >= 4 is 38.9 Å². The number of sulfonamides is 1. The Hall–Kier alpha value is -3.50. The number of nitrogens with one attached hydrogen (secondary N) is 4. The molecule has 0 spiro atoms. The van der Waals surface area contributed by atoms with Gasteiger partial charge in [-0.2, -0.15) is 0 Å². The van der Waals surface area contributed by atoms with Gasteiger partial charge in [0.25, 0.3) is 15.9 Å². The quantitative estimate of drug-likeness (QED) is 0.335. The van der Waals surface area contributed by atoms with Crippen LogP contribution in [0.3, 0.4) is 0 Å². The molecule has 0 unspecified atom stereocenters. The van der Waals surface area contributed by atoms with E-state index in [4.69, 9.17) is 12.2 Å². The lowest BCUT2D eigenvalue weighted by molar-refractivity contribution is 0.0943. The van der Waals surface area contributed by atoms with Crippen LogP contribution in [0.1, 0.15) is 15.9 Å². The molecule has 0 aromatic heterocycles. The van der Waals surface area contributed by atoms with Crippen LogP contribution in [-0.4, -0.2) is 19.4 Å². The van der Waals surface area contributed by atoms with Gasteiger partial charge in [-0.15, -0.1) is 0 Å². The first kappa shape index (κ1) is 22.2. The van der Waals surface area contributed by atoms with Crippen molar-refractivity contribution in [3.05, 3.63) is 95.8 Å². The number of halogens is 1. The van der Waals surface area contributed by atoms with Crippen LogP contribution in [0.15, 0.2) is 83.8 Å². The van der Waals surface area contributed by atoms with Crippen LogP contribution in [0, 0.1) is 5.82 Å². The molecular weight excluding hydrogens is 439 g/mol. The van der Waals surface area contributed by atoms with Crippen LogP contribution in [0.2, 0.25) is 0 Å². The second-order valence-corrected chi connectivity index (χ2v) is 8.45. The Kier molecular flexibility index (Phi) is 7.16. The van der Waals surface area contributed by atoms with Crippen molar-refractivity contribution in [3.8, 4) is 0 Å². The largest absolute Gasteiger partial charge is 0.357 e. The van der Waals surface area contributed by atoms with E-state index in [1.165, 1.54) is 42.5 Å². The summed E-state index contributed by atoms with van der Waals surface area (Å²) in [6.45, 7) is 0.490. The smallest absolute Gasteiger partial charge is 0.269 e. The molecule has 4 N–H and O–H groups in total. The second-order valence-electron chi connectivity index (χ2n) is 6.36. The maximum absolute atomic E-state index is 13.7. The van der Waals surface area contributed by atoms with Crippen molar-refractivity contribution in [1.82, 2.24) is 16.2 Å². The first-order valence-electron chi connectivity index (χ1n) is 9.11. The number of hydrogen-bond acceptors (Lipinski definition) is 4. The van der Waals surface area contributed by atoms with Gasteiger partial charge in [-0.3, -0.25) is 20.4 Å². The summed E-state index contributed by atoms with van der Waals surface area (Å²) < 4.78 is 40.7. The number of rotatable bonds is 6. The minimum atomic E-state index is -4.01. The van der Waals surface area contributed by atoms with Gasteiger partial charge in [-0.25, -0.2) is 12.8 Å². The third-order valence-electron chi connectivity index (χ3n) is 4.13. The summed E-state index contributed by atoms with van der Waals surface area (Å²) in [7, 11) is -4.01. The SMILES string of the molecule is O=C(NNC(=S)NCc1ccccc1)c1ccc(S(=O)(=O)Nc2ccccc2F)cc1. The summed E-state index contributed by atoms with van der Waals surface area (Å²) in [5.74, 6) is -1.19. The molecule has 0 saturated heterocycles. The summed E-state index contributed by atoms with van der Waals surface area (Å²) in [4.78, 5) is 12.1. The molecule has 0 aliphatic carbocycles. The lowest BCUT2D eigenvalue weighted by Crippen LogP contribution is -2.46. The van der Waals surface area contributed by atoms with Gasteiger partial charge in [0.2, 0.25) is 0 Å². The van der Waals surface area contributed by atoms with Gasteiger partial charge in [0.1, 0.15) is 5.82 Å². The topological polar surface area (TPSA) is 99.3 Å². The zero-order chi connectivity index (χ0) is 22.3. The first-order valence-corrected chi connectivity index (χ1v) is 11.0. The average molecular weight is 459 g/mol. The lowest BCUT2D eigenvalue weighted by Gasteiger charge is -2.12. The van der Waals surface area contributed by atoms with Crippen molar-refractivity contribution in [3.63, 3.8) is 0 Å². The minimum Gasteiger partial charge on any atom is -0.357 e. The van der Waals surface area contributed by atoms with Gasteiger partial charge >= 0.3 is 0 Å². The molecular formula is C21H19FN4O3S2. The summed E-state index contributed by atoms with van der Waals surface area (Å²) in [5, 5.41) is 3.18. The second kappa shape index (κ2) is 10.0. The Morgan fingerprint density at radius 1 is 0.871 bits per heavy atom. The molecule has 0 aliphatic rings. The highest BCUT2D eigenvalue weighted by Crippen LogP contribution is 2.19. The van der Waals surface area contributed by atoms with Crippen molar-refractivity contribution in [2.45, 2.75) is 11.4 Å². The molecule has 0 saturated carbocycles. The maximum atomic E-state index is 13.7. The molecule has 0 aliphatic heterocycles. The van der Waals surface area contributed by atoms with Gasteiger partial charge in [-0.05, 0) is 54.2 Å². The number of anilines is 1. The zero-order valence-corrected chi connectivity index (χ0v) is 17.8. The highest BCUT2D eigenvalue weighted by Gasteiger charge is 2.17. The molecule has 0 fully saturated rings. The van der Waals surface area contributed by atoms with Crippen molar-refractivity contribution in [2.24, 2.45) is 0 Å². The average Bonchev–Trinajstić information content (AvgIpc) is 2.78. The van der Waals surface area contributed by atoms with Crippen LogP contribution in [0.25, 0.3) is 0 Å². The molecule has 0 radical (unpaired) electrons. The Morgan fingerprint density at radius 3 is 2.19 bits per heavy atom. The molecule has 7 nitrogen and oxygen atoms in total. The molecule has 1 amide bonds. The van der Waals surface area contributed by atoms with E-state index >= 15 is 0 Å². The molecule has 3 rings (SSSR count). The van der Waals surface area contributed by atoms with Gasteiger partial charge in [0.15, 0.2) is 5.11 Å². The summed E-state index contributed by atoms with van der Waals surface area (Å²) >= 11 is 5.11. The highest BCUT2D eigenvalue weighted by molar-refractivity contribution is 7.92. The number of carbonyl (C=O) groups is 1. The number of hydrogen-bond donors (Lipinski definition) is 4. The van der Waals surface area contributed by atoms with Crippen LogP contribution < -0.4 is 20.9 Å². The predicted octanol–water partition coefficient (Wildman–Crippen LogP) is 2.94. The third-order valence-corrected chi connectivity index (χ3v) is 5.76. The van der Waals surface area contributed by atoms with Crippen LogP contribution in [0.4, 0.5) is 10.1 Å². The fraction of sp³-hybridized carbons (Fsp3) is 0.0476. The van der Waals surface area contributed by atoms with E-state index in [2.05, 4.69) is 20.9 Å². The molecule has 0 heterocycles. The standard InChI is InChI=1S/C21H19FN4O3S2/c22-18-8-4-5-9-19(18)26-31(28,29)17-12-10-16(11-13-17)20(27)24-25-21(30)23-14-15-6-2-1-3-7-15/h1-13,26H,14H2,(H,24,27)(H2,23,25,30). The predicted molar refractivity (Wildman–Crippen MR) is 120 cm³/mol. The van der Waals surface area contributed by atoms with E-state index in [0.29, 0.717) is 6.54 Å². The molecule has 3 aromatic carbocycles. The summed E-state index contributed by atoms with van der Waals surface area (Å²) in [6, 6.07) is 20.2. The van der Waals surface area contributed by atoms with Gasteiger partial charge in [0, 0.05) is 12.1 Å². The molecule has 3 aromatic rings. The lowest BCUT2D eigenvalue weighted by atomic mass is 10.2. The Balaban J connectivity index is 1.54. The Bertz CT molecular complexity index is 1170. The van der Waals surface area contributed by atoms with E-state index < -0.39 is 21.7 Å². The normalized spacial score (nSPS) is 10.7. The van der Waals surface area contributed by atoms with E-state index in [9.17, 15) is 17.6 Å². The molecule has 31 heavy (non-hydrogen) atoms. The summed E-state index contributed by atoms with van der Waals surface area (Å²) in [5.41, 5.74) is 6.09. The van der Waals surface area contributed by atoms with Gasteiger partial charge in [-0.1, -0.05) is 42.5 Å². The van der Waals surface area contributed by atoms with Crippen LogP contribution in [-0.2, 0) is 16.6 Å². The number of hydrazine groups is 1. The molecule has 0 bridgehead atoms. The monoisotopic (exact) mass is 458 g/mol. The van der Waals surface area contributed by atoms with E-state index in [1.807, 2.05) is 30.3 Å². The highest BCUT2D eigenvalue weighted by atomic mass is 32.2. The number of para-hydroxylation sites is 1. The number of amides is 1.